The Kier molecular flexibility index (Phi) is 4.30. The quantitative estimate of drug-likeness (QED) is 0.519. The molecule has 0 saturated heterocycles. The van der Waals surface area contributed by atoms with Gasteiger partial charge in [0.1, 0.15) is 6.04 Å². The van der Waals surface area contributed by atoms with Crippen LogP contribution < -0.4 is 10.6 Å². The molecule has 7 heteroatoms. The van der Waals surface area contributed by atoms with Crippen molar-refractivity contribution in [1.82, 2.24) is 10.6 Å². The Balaban J connectivity index is 2.30. The molecular weight excluding hydrogens is 228 g/mol. The van der Waals surface area contributed by atoms with Crippen LogP contribution in [0.2, 0.25) is 0 Å². The minimum absolute atomic E-state index is 0.448. The highest BCUT2D eigenvalue weighted by Gasteiger charge is 2.32. The lowest BCUT2D eigenvalue weighted by Crippen LogP contribution is -2.47. The van der Waals surface area contributed by atoms with Crippen LogP contribution in [0.15, 0.2) is 0 Å². The van der Waals surface area contributed by atoms with Crippen LogP contribution in [0.25, 0.3) is 0 Å². The Morgan fingerprint density at radius 1 is 1.35 bits per heavy atom. The third-order valence-corrected chi connectivity index (χ3v) is 2.78. The van der Waals surface area contributed by atoms with E-state index in [1.807, 2.05) is 0 Å². The number of rotatable bonds is 6. The summed E-state index contributed by atoms with van der Waals surface area (Å²) in [5.74, 6) is -1.59. The standard InChI is InChI=1S/C10H16N2O5/c1-5-2-6(5)4-11-10(17)12-7(9(15)16)3-8(13)14/h5-7H,2-4H2,1H3,(H,13,14)(H,15,16)(H2,11,12,17)/t5?,6?,7-/m1/s1. The summed E-state index contributed by atoms with van der Waals surface area (Å²) in [6.07, 6.45) is 0.417. The summed E-state index contributed by atoms with van der Waals surface area (Å²) in [4.78, 5) is 32.3. The fraction of sp³-hybridized carbons (Fsp3) is 0.700. The van der Waals surface area contributed by atoms with Crippen molar-refractivity contribution < 1.29 is 24.6 Å². The van der Waals surface area contributed by atoms with Crippen molar-refractivity contribution in [1.29, 1.82) is 0 Å². The zero-order valence-corrected chi connectivity index (χ0v) is 9.47. The fourth-order valence-electron chi connectivity index (χ4n) is 1.49. The molecule has 2 amide bonds. The first-order valence-electron chi connectivity index (χ1n) is 5.39. The predicted octanol–water partition coefficient (Wildman–Crippen LogP) is -0.130. The summed E-state index contributed by atoms with van der Waals surface area (Å²) in [6.45, 7) is 2.56. The summed E-state index contributed by atoms with van der Waals surface area (Å²) in [6, 6.07) is -2.04. The average molecular weight is 244 g/mol. The molecule has 96 valence electrons. The SMILES string of the molecule is CC1CC1CNC(=O)N[C@H](CC(=O)O)C(=O)O. The molecule has 0 aromatic carbocycles. The van der Waals surface area contributed by atoms with Crippen LogP contribution in [0.4, 0.5) is 4.79 Å². The Morgan fingerprint density at radius 2 is 1.94 bits per heavy atom. The van der Waals surface area contributed by atoms with Crippen molar-refractivity contribution in [2.75, 3.05) is 6.54 Å². The number of hydrogen-bond acceptors (Lipinski definition) is 3. The monoisotopic (exact) mass is 244 g/mol. The molecule has 2 unspecified atom stereocenters. The van der Waals surface area contributed by atoms with Gasteiger partial charge >= 0.3 is 18.0 Å². The number of carbonyl (C=O) groups excluding carboxylic acids is 1. The summed E-state index contributed by atoms with van der Waals surface area (Å²) < 4.78 is 0. The molecule has 1 saturated carbocycles. The molecule has 0 spiro atoms. The second kappa shape index (κ2) is 5.51. The highest BCUT2D eigenvalue weighted by molar-refractivity contribution is 5.86. The molecular formula is C10H16N2O5. The fourth-order valence-corrected chi connectivity index (χ4v) is 1.49. The minimum Gasteiger partial charge on any atom is -0.481 e. The van der Waals surface area contributed by atoms with Crippen LogP contribution in [0.5, 0.6) is 0 Å². The molecule has 3 atom stereocenters. The van der Waals surface area contributed by atoms with E-state index in [1.54, 1.807) is 0 Å². The van der Waals surface area contributed by atoms with E-state index < -0.39 is 30.4 Å². The summed E-state index contributed by atoms with van der Waals surface area (Å²) in [5, 5.41) is 21.8. The van der Waals surface area contributed by atoms with E-state index in [2.05, 4.69) is 17.6 Å². The Labute approximate surface area is 98.2 Å². The van der Waals surface area contributed by atoms with E-state index in [1.165, 1.54) is 0 Å². The van der Waals surface area contributed by atoms with Crippen molar-refractivity contribution in [2.24, 2.45) is 11.8 Å². The summed E-state index contributed by atoms with van der Waals surface area (Å²) in [5.41, 5.74) is 0. The van der Waals surface area contributed by atoms with Gasteiger partial charge in [0, 0.05) is 6.54 Å². The van der Waals surface area contributed by atoms with Crippen molar-refractivity contribution in [3.63, 3.8) is 0 Å². The number of carboxylic acids is 2. The Hall–Kier alpha value is -1.79. The summed E-state index contributed by atoms with van der Waals surface area (Å²) >= 11 is 0. The molecule has 1 aliphatic carbocycles. The number of amides is 2. The predicted molar refractivity (Wildman–Crippen MR) is 57.5 cm³/mol. The highest BCUT2D eigenvalue weighted by atomic mass is 16.4. The van der Waals surface area contributed by atoms with Gasteiger partial charge in [0.25, 0.3) is 0 Å². The van der Waals surface area contributed by atoms with Gasteiger partial charge in [-0.1, -0.05) is 6.92 Å². The number of nitrogens with one attached hydrogen (secondary N) is 2. The van der Waals surface area contributed by atoms with Gasteiger partial charge in [-0.15, -0.1) is 0 Å². The Morgan fingerprint density at radius 3 is 2.35 bits per heavy atom. The third kappa shape index (κ3) is 4.71. The van der Waals surface area contributed by atoms with Gasteiger partial charge in [0.15, 0.2) is 0 Å². The molecule has 0 aromatic heterocycles. The van der Waals surface area contributed by atoms with Crippen molar-refractivity contribution in [2.45, 2.75) is 25.8 Å². The zero-order valence-electron chi connectivity index (χ0n) is 9.47. The average Bonchev–Trinajstić information content (AvgIpc) is 2.90. The first kappa shape index (κ1) is 13.3. The van der Waals surface area contributed by atoms with Crippen molar-refractivity contribution in [3.8, 4) is 0 Å². The first-order valence-corrected chi connectivity index (χ1v) is 5.39. The zero-order chi connectivity index (χ0) is 13.0. The van der Waals surface area contributed by atoms with E-state index in [0.717, 1.165) is 6.42 Å². The van der Waals surface area contributed by atoms with Crippen LogP contribution >= 0.6 is 0 Å². The lowest BCUT2D eigenvalue weighted by atomic mass is 10.2. The van der Waals surface area contributed by atoms with E-state index in [4.69, 9.17) is 10.2 Å². The second-order valence-electron chi connectivity index (χ2n) is 4.32. The van der Waals surface area contributed by atoms with Crippen LogP contribution in [-0.2, 0) is 9.59 Å². The molecule has 0 radical (unpaired) electrons. The van der Waals surface area contributed by atoms with Gasteiger partial charge in [0.2, 0.25) is 0 Å². The first-order chi connectivity index (χ1) is 7.90. The molecule has 1 aliphatic rings. The van der Waals surface area contributed by atoms with E-state index in [0.29, 0.717) is 18.4 Å². The molecule has 1 fully saturated rings. The van der Waals surface area contributed by atoms with Gasteiger partial charge in [-0.2, -0.15) is 0 Å². The van der Waals surface area contributed by atoms with Crippen LogP contribution in [-0.4, -0.2) is 40.8 Å². The number of urea groups is 1. The lowest BCUT2D eigenvalue weighted by molar-refractivity contribution is -0.145. The minimum atomic E-state index is -1.40. The molecule has 1 rings (SSSR count). The molecule has 4 N–H and O–H groups in total. The Bertz CT molecular complexity index is 331. The second-order valence-corrected chi connectivity index (χ2v) is 4.32. The maximum Gasteiger partial charge on any atom is 0.326 e. The number of hydrogen-bond donors (Lipinski definition) is 4. The number of carboxylic acid groups (broad SMARTS) is 2. The molecule has 0 bridgehead atoms. The van der Waals surface area contributed by atoms with Crippen LogP contribution in [0.3, 0.4) is 0 Å². The number of aliphatic carboxylic acids is 2. The molecule has 0 aromatic rings. The smallest absolute Gasteiger partial charge is 0.326 e. The highest BCUT2D eigenvalue weighted by Crippen LogP contribution is 2.36. The van der Waals surface area contributed by atoms with Gasteiger partial charge in [-0.25, -0.2) is 9.59 Å². The van der Waals surface area contributed by atoms with Gasteiger partial charge in [-0.3, -0.25) is 4.79 Å². The maximum absolute atomic E-state index is 11.3. The van der Waals surface area contributed by atoms with E-state index in [9.17, 15) is 14.4 Å². The molecule has 7 nitrogen and oxygen atoms in total. The largest absolute Gasteiger partial charge is 0.481 e. The van der Waals surface area contributed by atoms with Crippen LogP contribution in [0, 0.1) is 11.8 Å². The molecule has 0 heterocycles. The van der Waals surface area contributed by atoms with Crippen LogP contribution in [0.1, 0.15) is 19.8 Å². The van der Waals surface area contributed by atoms with Gasteiger partial charge in [-0.05, 0) is 18.3 Å². The maximum atomic E-state index is 11.3. The van der Waals surface area contributed by atoms with Crippen molar-refractivity contribution >= 4 is 18.0 Å². The molecule has 17 heavy (non-hydrogen) atoms. The number of carbonyl (C=O) groups is 3. The van der Waals surface area contributed by atoms with E-state index in [-0.39, 0.29) is 0 Å². The topological polar surface area (TPSA) is 116 Å². The van der Waals surface area contributed by atoms with Gasteiger partial charge in [0.05, 0.1) is 6.42 Å². The lowest BCUT2D eigenvalue weighted by Gasteiger charge is -2.13. The molecule has 0 aliphatic heterocycles. The van der Waals surface area contributed by atoms with Crippen molar-refractivity contribution in [3.05, 3.63) is 0 Å². The third-order valence-electron chi connectivity index (χ3n) is 2.78. The summed E-state index contributed by atoms with van der Waals surface area (Å²) in [7, 11) is 0. The van der Waals surface area contributed by atoms with Gasteiger partial charge < -0.3 is 20.8 Å². The normalized spacial score (nSPS) is 23.6. The van der Waals surface area contributed by atoms with E-state index >= 15 is 0 Å².